The average Bonchev–Trinajstić information content (AvgIpc) is 2.59. The molecule has 1 unspecified atom stereocenters. The van der Waals surface area contributed by atoms with Crippen molar-refractivity contribution in [2.75, 3.05) is 20.6 Å². The van der Waals surface area contributed by atoms with Crippen molar-refractivity contribution in [3.63, 3.8) is 0 Å². The monoisotopic (exact) mass is 363 g/mol. The van der Waals surface area contributed by atoms with Crippen LogP contribution in [0.5, 0.6) is 5.75 Å². The zero-order valence-electron chi connectivity index (χ0n) is 15.6. The number of benzene rings is 1. The maximum atomic E-state index is 11.6. The van der Waals surface area contributed by atoms with Crippen molar-refractivity contribution in [2.24, 2.45) is 0 Å². The number of nitrogens with zero attached hydrogens (tertiary/aromatic N) is 1. The summed E-state index contributed by atoms with van der Waals surface area (Å²) in [5.41, 5.74) is 0.316. The van der Waals surface area contributed by atoms with Crippen LogP contribution in [0.4, 0.5) is 0 Å². The van der Waals surface area contributed by atoms with Gasteiger partial charge < -0.3 is 19.8 Å². The molecule has 0 bridgehead atoms. The molecule has 1 atom stereocenters. The molecule has 1 aliphatic carbocycles. The molecular weight excluding hydrogens is 334 g/mol. The lowest BCUT2D eigenvalue weighted by atomic mass is 9.72. The van der Waals surface area contributed by atoms with Gasteiger partial charge in [0, 0.05) is 12.5 Å². The number of carbonyl (C=O) groups is 2. The first-order valence-corrected chi connectivity index (χ1v) is 9.20. The van der Waals surface area contributed by atoms with Crippen LogP contribution in [0, 0.1) is 0 Å². The fourth-order valence-electron chi connectivity index (χ4n) is 3.62. The first-order valence-electron chi connectivity index (χ1n) is 9.20. The summed E-state index contributed by atoms with van der Waals surface area (Å²) in [5.74, 6) is -1.20. The van der Waals surface area contributed by atoms with E-state index in [1.54, 1.807) is 12.1 Å². The topological polar surface area (TPSA) is 87.1 Å². The van der Waals surface area contributed by atoms with Gasteiger partial charge in [0.2, 0.25) is 0 Å². The number of esters is 1. The highest BCUT2D eigenvalue weighted by molar-refractivity contribution is 5.78. The number of aliphatic carboxylic acids is 1. The van der Waals surface area contributed by atoms with E-state index in [-0.39, 0.29) is 18.8 Å². The number of rotatable bonds is 8. The number of ether oxygens (including phenoxy) is 1. The number of carboxylic acid groups (broad SMARTS) is 1. The highest BCUT2D eigenvalue weighted by atomic mass is 16.5. The van der Waals surface area contributed by atoms with Crippen LogP contribution in [-0.4, -0.2) is 53.3 Å². The minimum absolute atomic E-state index is 0.00504. The molecule has 0 aromatic heterocycles. The number of hydrogen-bond acceptors (Lipinski definition) is 5. The zero-order chi connectivity index (χ0) is 19.2. The van der Waals surface area contributed by atoms with Crippen LogP contribution in [-0.2, 0) is 9.59 Å². The Kier molecular flexibility index (Phi) is 7.17. The van der Waals surface area contributed by atoms with Gasteiger partial charge in [-0.15, -0.1) is 0 Å². The summed E-state index contributed by atoms with van der Waals surface area (Å²) in [6.07, 6.45) is 4.46. The molecule has 1 aromatic rings. The largest absolute Gasteiger partial charge is 0.481 e. The van der Waals surface area contributed by atoms with Gasteiger partial charge in [0.1, 0.15) is 5.75 Å². The third kappa shape index (κ3) is 5.81. The predicted molar refractivity (Wildman–Crippen MR) is 98.3 cm³/mol. The first-order chi connectivity index (χ1) is 12.3. The lowest BCUT2D eigenvalue weighted by Crippen LogP contribution is -2.42. The summed E-state index contributed by atoms with van der Waals surface area (Å²) in [4.78, 5) is 24.2. The van der Waals surface area contributed by atoms with Gasteiger partial charge in [-0.3, -0.25) is 9.59 Å². The second kappa shape index (κ2) is 9.14. The molecule has 0 radical (unpaired) electrons. The van der Waals surface area contributed by atoms with Crippen molar-refractivity contribution in [3.8, 4) is 5.75 Å². The van der Waals surface area contributed by atoms with Crippen molar-refractivity contribution in [3.05, 3.63) is 29.8 Å². The van der Waals surface area contributed by atoms with E-state index in [9.17, 15) is 14.7 Å². The molecule has 1 aliphatic rings. The molecule has 2 rings (SSSR count). The van der Waals surface area contributed by atoms with Crippen LogP contribution >= 0.6 is 0 Å². The summed E-state index contributed by atoms with van der Waals surface area (Å²) < 4.78 is 5.18. The van der Waals surface area contributed by atoms with Crippen LogP contribution in [0.2, 0.25) is 0 Å². The van der Waals surface area contributed by atoms with Gasteiger partial charge in [-0.2, -0.15) is 0 Å². The molecule has 2 N–H and O–H groups in total. The van der Waals surface area contributed by atoms with Gasteiger partial charge in [0.15, 0.2) is 0 Å². The molecule has 0 aliphatic heterocycles. The summed E-state index contributed by atoms with van der Waals surface area (Å²) >= 11 is 0. The van der Waals surface area contributed by atoms with E-state index in [4.69, 9.17) is 9.84 Å². The molecule has 6 heteroatoms. The molecule has 1 saturated carbocycles. The van der Waals surface area contributed by atoms with E-state index in [0.717, 1.165) is 37.8 Å². The van der Waals surface area contributed by atoms with E-state index in [0.29, 0.717) is 5.75 Å². The maximum Gasteiger partial charge on any atom is 0.311 e. The molecule has 0 spiro atoms. The molecule has 0 heterocycles. The fraction of sp³-hybridized carbons (Fsp3) is 0.600. The number of carboxylic acids is 1. The predicted octanol–water partition coefficient (Wildman–Crippen LogP) is 2.80. The fourth-order valence-corrected chi connectivity index (χ4v) is 3.62. The number of hydrogen-bond donors (Lipinski definition) is 2. The van der Waals surface area contributed by atoms with Gasteiger partial charge in [0.05, 0.1) is 18.4 Å². The van der Waals surface area contributed by atoms with Crippen molar-refractivity contribution in [1.29, 1.82) is 0 Å². The Morgan fingerprint density at radius 3 is 2.27 bits per heavy atom. The van der Waals surface area contributed by atoms with E-state index < -0.39 is 17.5 Å². The van der Waals surface area contributed by atoms with Crippen LogP contribution in [0.3, 0.4) is 0 Å². The Labute approximate surface area is 154 Å². The highest BCUT2D eigenvalue weighted by Crippen LogP contribution is 2.40. The highest BCUT2D eigenvalue weighted by Gasteiger charge is 2.38. The van der Waals surface area contributed by atoms with Gasteiger partial charge in [-0.1, -0.05) is 31.4 Å². The lowest BCUT2D eigenvalue weighted by Gasteiger charge is -2.40. The smallest absolute Gasteiger partial charge is 0.311 e. The number of carbonyl (C=O) groups excluding carboxylic acids is 1. The van der Waals surface area contributed by atoms with Gasteiger partial charge in [0.25, 0.3) is 0 Å². The van der Waals surface area contributed by atoms with Crippen molar-refractivity contribution >= 4 is 11.9 Å². The minimum atomic E-state index is -1.02. The van der Waals surface area contributed by atoms with E-state index >= 15 is 0 Å². The van der Waals surface area contributed by atoms with Crippen molar-refractivity contribution in [1.82, 2.24) is 4.90 Å². The Balaban J connectivity index is 2.09. The molecule has 1 fully saturated rings. The summed E-state index contributed by atoms with van der Waals surface area (Å²) in [7, 11) is 4.00. The van der Waals surface area contributed by atoms with Crippen LogP contribution in [0.25, 0.3) is 0 Å². The molecule has 6 nitrogen and oxygen atoms in total. The second-order valence-electron chi connectivity index (χ2n) is 7.42. The molecule has 26 heavy (non-hydrogen) atoms. The average molecular weight is 363 g/mol. The maximum absolute atomic E-state index is 11.6. The third-order valence-electron chi connectivity index (χ3n) is 4.97. The number of aliphatic hydroxyl groups is 1. The van der Waals surface area contributed by atoms with Gasteiger partial charge in [-0.05, 0) is 44.6 Å². The van der Waals surface area contributed by atoms with E-state index in [1.165, 1.54) is 6.42 Å². The standard InChI is InChI=1S/C20H29NO5/c1-21(2)14-17(20(25)12-4-3-5-13-20)15-6-8-16(9-7-15)26-19(24)11-10-18(22)23/h6-9,17,25H,3-5,10-14H2,1-2H3,(H,22,23). The quantitative estimate of drug-likeness (QED) is 0.545. The summed E-state index contributed by atoms with van der Waals surface area (Å²) in [6.45, 7) is 0.744. The van der Waals surface area contributed by atoms with Gasteiger partial charge >= 0.3 is 11.9 Å². The normalized spacial score (nSPS) is 17.7. The van der Waals surface area contributed by atoms with Crippen LogP contribution in [0.1, 0.15) is 56.4 Å². The molecule has 1 aromatic carbocycles. The Morgan fingerprint density at radius 1 is 1.12 bits per heavy atom. The Bertz CT molecular complexity index is 605. The molecule has 0 amide bonds. The van der Waals surface area contributed by atoms with E-state index in [1.807, 2.05) is 26.2 Å². The second-order valence-corrected chi connectivity index (χ2v) is 7.42. The lowest BCUT2D eigenvalue weighted by molar-refractivity contribution is -0.142. The third-order valence-corrected chi connectivity index (χ3v) is 4.97. The zero-order valence-corrected chi connectivity index (χ0v) is 15.6. The summed E-state index contributed by atoms with van der Waals surface area (Å²) in [6, 6.07) is 7.20. The SMILES string of the molecule is CN(C)CC(c1ccc(OC(=O)CCC(=O)O)cc1)C1(O)CCCCC1. The van der Waals surface area contributed by atoms with Gasteiger partial charge in [-0.25, -0.2) is 0 Å². The van der Waals surface area contributed by atoms with Crippen molar-refractivity contribution < 1.29 is 24.5 Å². The first kappa shape index (κ1) is 20.4. The Morgan fingerprint density at radius 2 is 1.73 bits per heavy atom. The van der Waals surface area contributed by atoms with Crippen LogP contribution < -0.4 is 4.74 Å². The summed E-state index contributed by atoms with van der Waals surface area (Å²) in [5, 5.41) is 19.8. The molecule has 144 valence electrons. The number of likely N-dealkylation sites (N-methyl/N-ethyl adjacent to an activating group) is 1. The van der Waals surface area contributed by atoms with E-state index in [2.05, 4.69) is 4.90 Å². The molecular formula is C20H29NO5. The minimum Gasteiger partial charge on any atom is -0.481 e. The Hall–Kier alpha value is -1.92. The van der Waals surface area contributed by atoms with Crippen LogP contribution in [0.15, 0.2) is 24.3 Å². The van der Waals surface area contributed by atoms with Crippen molar-refractivity contribution in [2.45, 2.75) is 56.5 Å². The molecule has 0 saturated heterocycles.